The molecule has 0 spiro atoms. The molecule has 29 heavy (non-hydrogen) atoms. The number of hydrogen-bond acceptors (Lipinski definition) is 4. The van der Waals surface area contributed by atoms with E-state index in [1.807, 2.05) is 23.1 Å². The molecule has 0 aromatic heterocycles. The number of aliphatic hydroxyl groups is 1. The number of carbonyl (C=O) groups excluding carboxylic acids is 1. The summed E-state index contributed by atoms with van der Waals surface area (Å²) < 4.78 is 0. The summed E-state index contributed by atoms with van der Waals surface area (Å²) in [6, 6.07) is 16.8. The Morgan fingerprint density at radius 3 is 2.31 bits per heavy atom. The summed E-state index contributed by atoms with van der Waals surface area (Å²) in [6.07, 6.45) is 1.81. The third kappa shape index (κ3) is 4.53. The van der Waals surface area contributed by atoms with Crippen molar-refractivity contribution < 1.29 is 9.90 Å². The zero-order valence-corrected chi connectivity index (χ0v) is 17.3. The van der Waals surface area contributed by atoms with Gasteiger partial charge < -0.3 is 10.0 Å². The van der Waals surface area contributed by atoms with Gasteiger partial charge >= 0.3 is 0 Å². The Morgan fingerprint density at radius 2 is 1.62 bits per heavy atom. The summed E-state index contributed by atoms with van der Waals surface area (Å²) in [5.41, 5.74) is 4.84. The first-order valence-electron chi connectivity index (χ1n) is 10.7. The van der Waals surface area contributed by atoms with E-state index in [4.69, 9.17) is 0 Å². The number of fused-ring (bicyclic) bond motifs is 1. The Kier molecular flexibility index (Phi) is 6.28. The predicted octanol–water partition coefficient (Wildman–Crippen LogP) is 2.32. The van der Waals surface area contributed by atoms with Gasteiger partial charge in [-0.05, 0) is 35.6 Å². The fourth-order valence-corrected chi connectivity index (χ4v) is 4.46. The maximum Gasteiger partial charge on any atom is 0.241 e. The largest absolute Gasteiger partial charge is 0.394 e. The first-order valence-corrected chi connectivity index (χ1v) is 10.7. The van der Waals surface area contributed by atoms with Crippen LogP contribution in [0, 0.1) is 0 Å². The van der Waals surface area contributed by atoms with Gasteiger partial charge in [0.1, 0.15) is 0 Å². The molecule has 0 saturated carbocycles. The van der Waals surface area contributed by atoms with Crippen LogP contribution in [-0.2, 0) is 24.2 Å². The molecule has 2 aromatic carbocycles. The number of benzene rings is 2. The Hall–Kier alpha value is -2.21. The molecule has 2 aliphatic rings. The molecule has 1 fully saturated rings. The summed E-state index contributed by atoms with van der Waals surface area (Å²) in [5, 5.41) is 9.76. The standard InChI is InChI=1S/C24H31N3O2/c1-2-19-7-9-20(10-8-19)16-25-11-13-26(14-12-25)17-24(29)27-22(18-28)15-21-5-3-4-6-23(21)27/h3-10,22,28H,2,11-18H2,1H3/t22-/m0/s1. The van der Waals surface area contributed by atoms with Crippen molar-refractivity contribution in [2.45, 2.75) is 32.4 Å². The predicted molar refractivity (Wildman–Crippen MR) is 116 cm³/mol. The van der Waals surface area contributed by atoms with E-state index in [2.05, 4.69) is 47.1 Å². The minimum Gasteiger partial charge on any atom is -0.394 e. The van der Waals surface area contributed by atoms with E-state index in [1.54, 1.807) is 0 Å². The summed E-state index contributed by atoms with van der Waals surface area (Å²) >= 11 is 0. The van der Waals surface area contributed by atoms with E-state index >= 15 is 0 Å². The smallest absolute Gasteiger partial charge is 0.241 e. The lowest BCUT2D eigenvalue weighted by molar-refractivity contribution is -0.120. The zero-order valence-electron chi connectivity index (χ0n) is 17.3. The molecule has 5 heteroatoms. The van der Waals surface area contributed by atoms with Gasteiger partial charge in [-0.1, -0.05) is 49.4 Å². The van der Waals surface area contributed by atoms with E-state index in [1.165, 1.54) is 11.1 Å². The summed E-state index contributed by atoms with van der Waals surface area (Å²) in [4.78, 5) is 19.6. The second-order valence-corrected chi connectivity index (χ2v) is 8.16. The van der Waals surface area contributed by atoms with Crippen molar-refractivity contribution in [1.82, 2.24) is 9.80 Å². The van der Waals surface area contributed by atoms with Crippen LogP contribution >= 0.6 is 0 Å². The average Bonchev–Trinajstić information content (AvgIpc) is 3.14. The highest BCUT2D eigenvalue weighted by atomic mass is 16.3. The van der Waals surface area contributed by atoms with Crippen LogP contribution in [0.5, 0.6) is 0 Å². The molecule has 5 nitrogen and oxygen atoms in total. The molecule has 1 saturated heterocycles. The van der Waals surface area contributed by atoms with Crippen LogP contribution in [0.4, 0.5) is 5.69 Å². The number of hydrogen-bond donors (Lipinski definition) is 1. The molecule has 1 N–H and O–H groups in total. The van der Waals surface area contributed by atoms with Crippen molar-refractivity contribution in [2.75, 3.05) is 44.2 Å². The zero-order chi connectivity index (χ0) is 20.2. The van der Waals surface area contributed by atoms with Crippen molar-refractivity contribution in [1.29, 1.82) is 0 Å². The highest BCUT2D eigenvalue weighted by molar-refractivity contribution is 5.97. The number of rotatable bonds is 6. The lowest BCUT2D eigenvalue weighted by atomic mass is 10.1. The highest BCUT2D eigenvalue weighted by Crippen LogP contribution is 2.32. The molecule has 0 unspecified atom stereocenters. The Balaban J connectivity index is 1.30. The molecule has 2 aromatic rings. The number of amides is 1. The van der Waals surface area contributed by atoms with Gasteiger partial charge in [0.15, 0.2) is 0 Å². The quantitative estimate of drug-likeness (QED) is 0.818. The molecular weight excluding hydrogens is 362 g/mol. The summed E-state index contributed by atoms with van der Waals surface area (Å²) in [6.45, 7) is 7.33. The lowest BCUT2D eigenvalue weighted by Crippen LogP contribution is -2.51. The maximum absolute atomic E-state index is 13.0. The van der Waals surface area contributed by atoms with Gasteiger partial charge in [-0.3, -0.25) is 14.6 Å². The molecular formula is C24H31N3O2. The van der Waals surface area contributed by atoms with Crippen LogP contribution in [-0.4, -0.2) is 66.2 Å². The number of piperazine rings is 1. The van der Waals surface area contributed by atoms with Gasteiger partial charge in [0, 0.05) is 38.4 Å². The van der Waals surface area contributed by atoms with Gasteiger partial charge in [0.25, 0.3) is 0 Å². The Labute approximate surface area is 173 Å². The van der Waals surface area contributed by atoms with Crippen LogP contribution in [0.25, 0.3) is 0 Å². The van der Waals surface area contributed by atoms with E-state index in [0.29, 0.717) is 6.54 Å². The third-order valence-electron chi connectivity index (χ3n) is 6.21. The molecule has 0 aliphatic carbocycles. The second-order valence-electron chi connectivity index (χ2n) is 8.16. The molecule has 154 valence electrons. The van der Waals surface area contributed by atoms with Gasteiger partial charge in [-0.15, -0.1) is 0 Å². The second kappa shape index (κ2) is 9.08. The molecule has 0 bridgehead atoms. The molecule has 0 radical (unpaired) electrons. The van der Waals surface area contributed by atoms with Crippen LogP contribution in [0.1, 0.15) is 23.6 Å². The van der Waals surface area contributed by atoms with Crippen molar-refractivity contribution in [2.24, 2.45) is 0 Å². The number of nitrogens with zero attached hydrogens (tertiary/aromatic N) is 3. The first kappa shape index (κ1) is 20.1. The van der Waals surface area contributed by atoms with E-state index in [9.17, 15) is 9.90 Å². The molecule has 4 rings (SSSR count). The summed E-state index contributed by atoms with van der Waals surface area (Å²) in [5.74, 6) is 0.0950. The molecule has 1 atom stereocenters. The third-order valence-corrected chi connectivity index (χ3v) is 6.21. The fraction of sp³-hybridized carbons (Fsp3) is 0.458. The maximum atomic E-state index is 13.0. The van der Waals surface area contributed by atoms with E-state index in [0.717, 1.165) is 56.8 Å². The van der Waals surface area contributed by atoms with E-state index < -0.39 is 0 Å². The van der Waals surface area contributed by atoms with Crippen molar-refractivity contribution in [3.05, 3.63) is 65.2 Å². The number of carbonyl (C=O) groups is 1. The van der Waals surface area contributed by atoms with Crippen LogP contribution in [0.15, 0.2) is 48.5 Å². The summed E-state index contributed by atoms with van der Waals surface area (Å²) in [7, 11) is 0. The van der Waals surface area contributed by atoms with Gasteiger partial charge in [-0.2, -0.15) is 0 Å². The van der Waals surface area contributed by atoms with Gasteiger partial charge in [-0.25, -0.2) is 0 Å². The van der Waals surface area contributed by atoms with E-state index in [-0.39, 0.29) is 18.6 Å². The normalized spacial score (nSPS) is 20.1. The SMILES string of the molecule is CCc1ccc(CN2CCN(CC(=O)N3c4ccccc4C[C@H]3CO)CC2)cc1. The fourth-order valence-electron chi connectivity index (χ4n) is 4.46. The van der Waals surface area contributed by atoms with Gasteiger partial charge in [0.05, 0.1) is 19.2 Å². The Bertz CT molecular complexity index is 828. The minimum absolute atomic E-state index is 0.00498. The Morgan fingerprint density at radius 1 is 0.966 bits per heavy atom. The first-order chi connectivity index (χ1) is 14.2. The molecule has 1 amide bonds. The van der Waals surface area contributed by atoms with Crippen molar-refractivity contribution >= 4 is 11.6 Å². The monoisotopic (exact) mass is 393 g/mol. The molecule has 2 heterocycles. The number of para-hydroxylation sites is 1. The van der Waals surface area contributed by atoms with Crippen molar-refractivity contribution in [3.63, 3.8) is 0 Å². The molecule has 2 aliphatic heterocycles. The highest BCUT2D eigenvalue weighted by Gasteiger charge is 2.34. The van der Waals surface area contributed by atoms with Crippen LogP contribution in [0.2, 0.25) is 0 Å². The minimum atomic E-state index is -0.132. The van der Waals surface area contributed by atoms with Gasteiger partial charge in [0.2, 0.25) is 5.91 Å². The van der Waals surface area contributed by atoms with Crippen LogP contribution < -0.4 is 4.90 Å². The number of aryl methyl sites for hydroxylation is 1. The lowest BCUT2D eigenvalue weighted by Gasteiger charge is -2.35. The van der Waals surface area contributed by atoms with Crippen molar-refractivity contribution in [3.8, 4) is 0 Å². The average molecular weight is 394 g/mol. The van der Waals surface area contributed by atoms with Crippen LogP contribution in [0.3, 0.4) is 0 Å². The number of anilines is 1. The number of aliphatic hydroxyl groups excluding tert-OH is 1. The topological polar surface area (TPSA) is 47.0 Å².